The molecular weight excluding hydrogens is 478 g/mol. The maximum Gasteiger partial charge on any atom is 0.267 e. The molecular formula is C26H27N5O2S2. The van der Waals surface area contributed by atoms with Crippen molar-refractivity contribution in [3.8, 4) is 0 Å². The minimum Gasteiger partial charge on any atom is -0.353 e. The van der Waals surface area contributed by atoms with Gasteiger partial charge in [0.2, 0.25) is 0 Å². The van der Waals surface area contributed by atoms with E-state index >= 15 is 0 Å². The normalized spacial score (nSPS) is 18.3. The van der Waals surface area contributed by atoms with Gasteiger partial charge in [-0.05, 0) is 44.2 Å². The number of hydrogen-bond donors (Lipinski definition) is 0. The predicted octanol–water partition coefficient (Wildman–Crippen LogP) is 3.46. The second kappa shape index (κ2) is 9.56. The zero-order chi connectivity index (χ0) is 24.7. The minimum absolute atomic E-state index is 0.182. The van der Waals surface area contributed by atoms with Crippen LogP contribution >= 0.6 is 24.0 Å². The van der Waals surface area contributed by atoms with E-state index < -0.39 is 0 Å². The Hall–Kier alpha value is -3.01. The molecule has 2 aliphatic rings. The van der Waals surface area contributed by atoms with E-state index in [1.807, 2.05) is 50.2 Å². The van der Waals surface area contributed by atoms with E-state index in [9.17, 15) is 9.59 Å². The van der Waals surface area contributed by atoms with Gasteiger partial charge in [0.25, 0.3) is 11.5 Å². The average Bonchev–Trinajstić information content (AvgIpc) is 3.10. The fourth-order valence-electron chi connectivity index (χ4n) is 4.28. The van der Waals surface area contributed by atoms with Crippen LogP contribution in [-0.4, -0.2) is 62.6 Å². The molecule has 0 spiro atoms. The van der Waals surface area contributed by atoms with Crippen molar-refractivity contribution in [2.75, 3.05) is 38.1 Å². The number of piperazine rings is 1. The third-order valence-electron chi connectivity index (χ3n) is 6.40. The van der Waals surface area contributed by atoms with Crippen molar-refractivity contribution in [2.24, 2.45) is 0 Å². The average molecular weight is 506 g/mol. The number of benzene rings is 1. The predicted molar refractivity (Wildman–Crippen MR) is 146 cm³/mol. The topological polar surface area (TPSA) is 61.2 Å². The molecule has 2 fully saturated rings. The fraction of sp³-hybridized carbons (Fsp3) is 0.308. The van der Waals surface area contributed by atoms with E-state index in [1.54, 1.807) is 21.6 Å². The van der Waals surface area contributed by atoms with Gasteiger partial charge in [-0.2, -0.15) is 0 Å². The number of carbonyl (C=O) groups is 1. The number of aryl methyl sites for hydroxylation is 2. The van der Waals surface area contributed by atoms with Crippen LogP contribution < -0.4 is 10.5 Å². The largest absolute Gasteiger partial charge is 0.353 e. The number of fused-ring (bicyclic) bond motifs is 1. The highest BCUT2D eigenvalue weighted by Crippen LogP contribution is 2.34. The number of thioether (sulfide) groups is 1. The second-order valence-corrected chi connectivity index (χ2v) is 10.8. The Morgan fingerprint density at radius 1 is 1.00 bits per heavy atom. The molecule has 5 rings (SSSR count). The van der Waals surface area contributed by atoms with Crippen molar-refractivity contribution in [1.82, 2.24) is 19.2 Å². The summed E-state index contributed by atoms with van der Waals surface area (Å²) in [5, 5.41) is 0. The van der Waals surface area contributed by atoms with Gasteiger partial charge in [0, 0.05) is 32.4 Å². The van der Waals surface area contributed by atoms with Crippen molar-refractivity contribution < 1.29 is 4.79 Å². The van der Waals surface area contributed by atoms with Crippen LogP contribution in [0.5, 0.6) is 0 Å². The third-order valence-corrected chi connectivity index (χ3v) is 7.78. The van der Waals surface area contributed by atoms with Crippen LogP contribution in [0.1, 0.15) is 22.3 Å². The Morgan fingerprint density at radius 3 is 2.40 bits per heavy atom. The van der Waals surface area contributed by atoms with Crippen LogP contribution in [-0.2, 0) is 11.3 Å². The molecule has 9 heteroatoms. The zero-order valence-corrected chi connectivity index (χ0v) is 21.7. The first kappa shape index (κ1) is 23.7. The van der Waals surface area contributed by atoms with E-state index in [-0.39, 0.29) is 11.5 Å². The van der Waals surface area contributed by atoms with E-state index in [2.05, 4.69) is 16.8 Å². The quantitative estimate of drug-likeness (QED) is 0.398. The molecule has 0 atom stereocenters. The Bertz CT molecular complexity index is 1410. The lowest BCUT2D eigenvalue weighted by atomic mass is 10.1. The molecule has 0 bridgehead atoms. The molecule has 4 heterocycles. The summed E-state index contributed by atoms with van der Waals surface area (Å²) in [5.41, 5.74) is 3.97. The standard InChI is InChI=1S/C26H27N5O2S2/c1-17-4-7-19(8-5-17)16-31-25(33)21(35-26(31)34)14-20-23(29-12-10-28(3)11-13-29)27-22-9-6-18(2)15-30(22)24(20)32/h4-9,14-15H,10-13,16H2,1-3H3/b21-14-. The Kier molecular flexibility index (Phi) is 6.48. The molecule has 180 valence electrons. The Morgan fingerprint density at radius 2 is 1.69 bits per heavy atom. The molecule has 0 radical (unpaired) electrons. The number of amides is 1. The van der Waals surface area contributed by atoms with E-state index in [0.717, 1.165) is 42.9 Å². The summed E-state index contributed by atoms with van der Waals surface area (Å²) in [6.45, 7) is 7.67. The van der Waals surface area contributed by atoms with Gasteiger partial charge in [-0.1, -0.05) is 59.9 Å². The number of rotatable bonds is 4. The van der Waals surface area contributed by atoms with Crippen LogP contribution in [0.2, 0.25) is 0 Å². The molecule has 0 saturated carbocycles. The number of nitrogens with zero attached hydrogens (tertiary/aromatic N) is 5. The van der Waals surface area contributed by atoms with Crippen molar-refractivity contribution >= 4 is 51.7 Å². The molecule has 3 aromatic rings. The van der Waals surface area contributed by atoms with Gasteiger partial charge in [0.05, 0.1) is 17.0 Å². The van der Waals surface area contributed by atoms with Crippen LogP contribution in [0.25, 0.3) is 11.7 Å². The van der Waals surface area contributed by atoms with Crippen molar-refractivity contribution in [1.29, 1.82) is 0 Å². The first-order valence-corrected chi connectivity index (χ1v) is 12.8. The maximum atomic E-state index is 13.7. The first-order valence-electron chi connectivity index (χ1n) is 11.6. The molecule has 2 aliphatic heterocycles. The maximum absolute atomic E-state index is 13.7. The lowest BCUT2D eigenvalue weighted by Gasteiger charge is -2.34. The molecule has 0 N–H and O–H groups in total. The molecule has 35 heavy (non-hydrogen) atoms. The van der Waals surface area contributed by atoms with E-state index in [4.69, 9.17) is 17.2 Å². The summed E-state index contributed by atoms with van der Waals surface area (Å²) in [7, 11) is 2.09. The summed E-state index contributed by atoms with van der Waals surface area (Å²) in [4.78, 5) is 38.3. The summed E-state index contributed by atoms with van der Waals surface area (Å²) < 4.78 is 2.06. The SMILES string of the molecule is Cc1ccc(CN2C(=O)/C(=C/c3c(N4CCN(C)CC4)nc4ccc(C)cn4c3=O)SC2=S)cc1. The Labute approximate surface area is 214 Å². The van der Waals surface area contributed by atoms with Crippen molar-refractivity contribution in [3.63, 3.8) is 0 Å². The summed E-state index contributed by atoms with van der Waals surface area (Å²) in [5.74, 6) is 0.439. The van der Waals surface area contributed by atoms with Gasteiger partial charge >= 0.3 is 0 Å². The Balaban J connectivity index is 1.55. The van der Waals surface area contributed by atoms with E-state index in [1.165, 1.54) is 11.8 Å². The molecule has 2 aromatic heterocycles. The van der Waals surface area contributed by atoms with Crippen LogP contribution in [0.4, 0.5) is 5.82 Å². The number of pyridine rings is 1. The van der Waals surface area contributed by atoms with Crippen LogP contribution in [0, 0.1) is 13.8 Å². The molecule has 7 nitrogen and oxygen atoms in total. The van der Waals surface area contributed by atoms with Crippen molar-refractivity contribution in [2.45, 2.75) is 20.4 Å². The lowest BCUT2D eigenvalue weighted by molar-refractivity contribution is -0.122. The molecule has 0 aliphatic carbocycles. The molecule has 1 amide bonds. The highest BCUT2D eigenvalue weighted by atomic mass is 32.2. The monoisotopic (exact) mass is 505 g/mol. The van der Waals surface area contributed by atoms with E-state index in [0.29, 0.717) is 32.8 Å². The second-order valence-electron chi connectivity index (χ2n) is 9.13. The third kappa shape index (κ3) is 4.76. The zero-order valence-electron chi connectivity index (χ0n) is 20.0. The van der Waals surface area contributed by atoms with Crippen LogP contribution in [0.3, 0.4) is 0 Å². The summed E-state index contributed by atoms with van der Waals surface area (Å²) in [6.07, 6.45) is 3.48. The first-order chi connectivity index (χ1) is 16.8. The lowest BCUT2D eigenvalue weighted by Crippen LogP contribution is -2.45. The number of hydrogen-bond acceptors (Lipinski definition) is 7. The van der Waals surface area contributed by atoms with Gasteiger partial charge < -0.3 is 9.80 Å². The van der Waals surface area contributed by atoms with Gasteiger partial charge in [-0.3, -0.25) is 18.9 Å². The van der Waals surface area contributed by atoms with Gasteiger partial charge in [0.15, 0.2) is 0 Å². The number of aromatic nitrogens is 2. The minimum atomic E-state index is -0.184. The molecule has 0 unspecified atom stereocenters. The molecule has 2 saturated heterocycles. The van der Waals surface area contributed by atoms with Gasteiger partial charge in [-0.15, -0.1) is 0 Å². The molecule has 1 aromatic carbocycles. The van der Waals surface area contributed by atoms with Gasteiger partial charge in [-0.25, -0.2) is 4.98 Å². The smallest absolute Gasteiger partial charge is 0.267 e. The summed E-state index contributed by atoms with van der Waals surface area (Å²) in [6, 6.07) is 11.9. The number of likely N-dealkylation sites (N-methyl/N-ethyl adjacent to an activating group) is 1. The number of thiocarbonyl (C=S) groups is 1. The number of carbonyl (C=O) groups excluding carboxylic acids is 1. The summed E-state index contributed by atoms with van der Waals surface area (Å²) >= 11 is 6.78. The van der Waals surface area contributed by atoms with Gasteiger partial charge in [0.1, 0.15) is 15.8 Å². The van der Waals surface area contributed by atoms with Crippen molar-refractivity contribution in [3.05, 3.63) is 80.1 Å². The highest BCUT2D eigenvalue weighted by Gasteiger charge is 2.33. The fourth-order valence-corrected chi connectivity index (χ4v) is 5.51. The number of anilines is 1. The van der Waals surface area contributed by atoms with Crippen LogP contribution in [0.15, 0.2) is 52.3 Å². The highest BCUT2D eigenvalue weighted by molar-refractivity contribution is 8.26.